The van der Waals surface area contributed by atoms with E-state index in [0.717, 1.165) is 38.9 Å². The lowest BCUT2D eigenvalue weighted by Crippen LogP contribution is -2.19. The Bertz CT molecular complexity index is 1140. The minimum absolute atomic E-state index is 0.0593. The smallest absolute Gasteiger partial charge is 0.305 e. The minimum Gasteiger partial charge on any atom is -0.481 e. The quantitative estimate of drug-likeness (QED) is 0.413. The summed E-state index contributed by atoms with van der Waals surface area (Å²) in [7, 11) is 0. The zero-order chi connectivity index (χ0) is 23.4. The Morgan fingerprint density at radius 2 is 1.81 bits per heavy atom. The number of carbonyl (C=O) groups is 1. The molecule has 0 spiro atoms. The van der Waals surface area contributed by atoms with Crippen LogP contribution in [0.2, 0.25) is 5.02 Å². The number of rotatable bonds is 8. The fourth-order valence-electron chi connectivity index (χ4n) is 3.80. The monoisotopic (exact) mass is 453 g/mol. The third-order valence-electron chi connectivity index (χ3n) is 5.30. The van der Waals surface area contributed by atoms with Gasteiger partial charge >= 0.3 is 5.97 Å². The number of hydrogen-bond donors (Lipinski definition) is 3. The van der Waals surface area contributed by atoms with Crippen LogP contribution in [0.25, 0.3) is 28.1 Å². The molecular weight excluding hydrogens is 426 g/mol. The summed E-state index contributed by atoms with van der Waals surface area (Å²) in [5.74, 6) is -0.976. The van der Waals surface area contributed by atoms with Gasteiger partial charge in [-0.1, -0.05) is 61.4 Å². The summed E-state index contributed by atoms with van der Waals surface area (Å²) < 4.78 is 0. The Balaban J connectivity index is 2.16. The first-order valence-corrected chi connectivity index (χ1v) is 11.0. The fourth-order valence-corrected chi connectivity index (χ4v) is 3.92. The molecule has 0 radical (unpaired) electrons. The SMILES string of the molecule is Cc1ccc2nc(C(C)C)c(C=CC(O)CC(O)CC(=O)O)c(-c3ccc(Cl)cc3)c2c1. The molecule has 0 amide bonds. The number of hydrogen-bond acceptors (Lipinski definition) is 4. The Labute approximate surface area is 193 Å². The number of benzene rings is 2. The molecule has 0 bridgehead atoms. The van der Waals surface area contributed by atoms with Crippen molar-refractivity contribution in [3.8, 4) is 11.1 Å². The van der Waals surface area contributed by atoms with Crippen LogP contribution in [-0.4, -0.2) is 38.5 Å². The molecule has 2 unspecified atom stereocenters. The fraction of sp³-hybridized carbons (Fsp3) is 0.308. The van der Waals surface area contributed by atoms with E-state index in [0.29, 0.717) is 5.02 Å². The standard InChI is InChI=1S/C26H28ClNO4/c1-15(2)26-21(10-9-19(29)13-20(30)14-24(31)32)25(17-5-7-18(27)8-6-17)22-12-16(3)4-11-23(22)28-26/h4-12,15,19-20,29-30H,13-14H2,1-3H3,(H,31,32). The molecule has 1 heterocycles. The van der Waals surface area contributed by atoms with Crippen LogP contribution in [0.3, 0.4) is 0 Å². The highest BCUT2D eigenvalue weighted by Gasteiger charge is 2.18. The van der Waals surface area contributed by atoms with Gasteiger partial charge in [0.25, 0.3) is 0 Å². The van der Waals surface area contributed by atoms with E-state index in [1.807, 2.05) is 49.4 Å². The molecule has 6 heteroatoms. The number of fused-ring (bicyclic) bond motifs is 1. The number of halogens is 1. The van der Waals surface area contributed by atoms with Crippen LogP contribution in [0.15, 0.2) is 48.5 Å². The van der Waals surface area contributed by atoms with E-state index in [-0.39, 0.29) is 12.3 Å². The Hall–Kier alpha value is -2.73. The molecule has 0 saturated heterocycles. The topological polar surface area (TPSA) is 90.7 Å². The van der Waals surface area contributed by atoms with Gasteiger partial charge in [0.1, 0.15) is 0 Å². The van der Waals surface area contributed by atoms with Gasteiger partial charge in [0.2, 0.25) is 0 Å². The van der Waals surface area contributed by atoms with E-state index in [1.165, 1.54) is 0 Å². The van der Waals surface area contributed by atoms with Crippen molar-refractivity contribution >= 4 is 34.5 Å². The van der Waals surface area contributed by atoms with E-state index >= 15 is 0 Å². The lowest BCUT2D eigenvalue weighted by atomic mass is 9.90. The van der Waals surface area contributed by atoms with Crippen molar-refractivity contribution in [2.24, 2.45) is 0 Å². The maximum atomic E-state index is 10.8. The normalized spacial score (nSPS) is 13.7. The first-order valence-electron chi connectivity index (χ1n) is 10.6. The van der Waals surface area contributed by atoms with Crippen molar-refractivity contribution in [2.75, 3.05) is 0 Å². The van der Waals surface area contributed by atoms with Gasteiger partial charge < -0.3 is 15.3 Å². The number of aryl methyl sites for hydroxylation is 1. The molecular formula is C26H28ClNO4. The van der Waals surface area contributed by atoms with Gasteiger partial charge in [-0.2, -0.15) is 0 Å². The van der Waals surface area contributed by atoms with Crippen molar-refractivity contribution in [3.05, 3.63) is 70.4 Å². The zero-order valence-corrected chi connectivity index (χ0v) is 19.2. The molecule has 2 atom stereocenters. The van der Waals surface area contributed by atoms with E-state index < -0.39 is 24.6 Å². The predicted molar refractivity (Wildman–Crippen MR) is 129 cm³/mol. The number of aliphatic carboxylic acids is 1. The highest BCUT2D eigenvalue weighted by molar-refractivity contribution is 6.30. The molecule has 0 saturated carbocycles. The second-order valence-corrected chi connectivity index (χ2v) is 8.82. The summed E-state index contributed by atoms with van der Waals surface area (Å²) in [6, 6.07) is 13.8. The van der Waals surface area contributed by atoms with Gasteiger partial charge in [0, 0.05) is 28.0 Å². The maximum Gasteiger partial charge on any atom is 0.305 e. The Morgan fingerprint density at radius 3 is 2.44 bits per heavy atom. The van der Waals surface area contributed by atoms with Crippen molar-refractivity contribution < 1.29 is 20.1 Å². The molecule has 5 nitrogen and oxygen atoms in total. The minimum atomic E-state index is -1.12. The number of carboxylic acid groups (broad SMARTS) is 1. The molecule has 1 aromatic heterocycles. The largest absolute Gasteiger partial charge is 0.481 e. The second-order valence-electron chi connectivity index (χ2n) is 8.38. The van der Waals surface area contributed by atoms with Crippen LogP contribution in [0.5, 0.6) is 0 Å². The van der Waals surface area contributed by atoms with Crippen LogP contribution >= 0.6 is 11.6 Å². The first kappa shape index (κ1) is 23.9. The van der Waals surface area contributed by atoms with Gasteiger partial charge in [-0.25, -0.2) is 0 Å². The first-order chi connectivity index (χ1) is 15.2. The lowest BCUT2D eigenvalue weighted by molar-refractivity contribution is -0.139. The van der Waals surface area contributed by atoms with Crippen molar-refractivity contribution in [1.29, 1.82) is 0 Å². The summed E-state index contributed by atoms with van der Waals surface area (Å²) in [5, 5.41) is 30.7. The van der Waals surface area contributed by atoms with E-state index in [4.69, 9.17) is 21.7 Å². The summed E-state index contributed by atoms with van der Waals surface area (Å²) in [6.07, 6.45) is 0.840. The summed E-state index contributed by atoms with van der Waals surface area (Å²) in [5.41, 5.74) is 5.74. The summed E-state index contributed by atoms with van der Waals surface area (Å²) in [4.78, 5) is 15.7. The zero-order valence-electron chi connectivity index (χ0n) is 18.4. The Kier molecular flexibility index (Phi) is 7.67. The average Bonchev–Trinajstić information content (AvgIpc) is 2.71. The van der Waals surface area contributed by atoms with Gasteiger partial charge in [0.05, 0.1) is 29.8 Å². The molecule has 3 rings (SSSR count). The van der Waals surface area contributed by atoms with Crippen LogP contribution in [-0.2, 0) is 4.79 Å². The van der Waals surface area contributed by atoms with Gasteiger partial charge in [-0.15, -0.1) is 0 Å². The molecule has 0 aliphatic heterocycles. The van der Waals surface area contributed by atoms with Crippen molar-refractivity contribution in [3.63, 3.8) is 0 Å². The third-order valence-corrected chi connectivity index (χ3v) is 5.55. The van der Waals surface area contributed by atoms with Gasteiger partial charge in [0.15, 0.2) is 0 Å². The molecule has 32 heavy (non-hydrogen) atoms. The number of aromatic nitrogens is 1. The molecule has 0 aliphatic rings. The van der Waals surface area contributed by atoms with Crippen molar-refractivity contribution in [2.45, 2.75) is 51.7 Å². The van der Waals surface area contributed by atoms with Crippen LogP contribution in [0.1, 0.15) is 49.4 Å². The molecule has 3 aromatic rings. The molecule has 0 fully saturated rings. The summed E-state index contributed by atoms with van der Waals surface area (Å²) in [6.45, 7) is 6.17. The lowest BCUT2D eigenvalue weighted by Gasteiger charge is -2.19. The van der Waals surface area contributed by atoms with E-state index in [9.17, 15) is 15.0 Å². The number of aliphatic hydroxyl groups is 2. The molecule has 2 aromatic carbocycles. The molecule has 168 valence electrons. The van der Waals surface area contributed by atoms with Crippen LogP contribution in [0.4, 0.5) is 0 Å². The third kappa shape index (κ3) is 5.74. The number of pyridine rings is 1. The average molecular weight is 454 g/mol. The molecule has 3 N–H and O–H groups in total. The summed E-state index contributed by atoms with van der Waals surface area (Å²) >= 11 is 6.13. The maximum absolute atomic E-state index is 10.8. The van der Waals surface area contributed by atoms with Gasteiger partial charge in [-0.3, -0.25) is 9.78 Å². The molecule has 0 aliphatic carbocycles. The highest BCUT2D eigenvalue weighted by atomic mass is 35.5. The van der Waals surface area contributed by atoms with Crippen LogP contribution in [0, 0.1) is 6.92 Å². The predicted octanol–water partition coefficient (Wildman–Crippen LogP) is 5.59. The van der Waals surface area contributed by atoms with Crippen molar-refractivity contribution in [1.82, 2.24) is 4.98 Å². The van der Waals surface area contributed by atoms with E-state index in [2.05, 4.69) is 19.9 Å². The van der Waals surface area contributed by atoms with Gasteiger partial charge in [-0.05, 0) is 42.7 Å². The second kappa shape index (κ2) is 10.3. The number of nitrogens with zero attached hydrogens (tertiary/aromatic N) is 1. The highest BCUT2D eigenvalue weighted by Crippen LogP contribution is 2.37. The number of aliphatic hydroxyl groups excluding tert-OH is 2. The Morgan fingerprint density at radius 1 is 1.12 bits per heavy atom. The van der Waals surface area contributed by atoms with Crippen LogP contribution < -0.4 is 0 Å². The van der Waals surface area contributed by atoms with E-state index in [1.54, 1.807) is 6.08 Å². The number of carboxylic acids is 1.